The van der Waals surface area contributed by atoms with Gasteiger partial charge < -0.3 is 16.5 Å². The number of nitrogen functional groups attached to an aromatic ring is 1. The van der Waals surface area contributed by atoms with Crippen LogP contribution >= 0.6 is 0 Å². The fourth-order valence-corrected chi connectivity index (χ4v) is 1.20. The lowest BCUT2D eigenvalue weighted by Gasteiger charge is -2.12. The van der Waals surface area contributed by atoms with Crippen molar-refractivity contribution in [1.29, 1.82) is 0 Å². The summed E-state index contributed by atoms with van der Waals surface area (Å²) < 4.78 is 0. The molecule has 1 aromatic rings. The number of carbonyl (C=O) groups is 1. The van der Waals surface area contributed by atoms with Crippen molar-refractivity contribution < 1.29 is 4.79 Å². The zero-order valence-electron chi connectivity index (χ0n) is 9.37. The summed E-state index contributed by atoms with van der Waals surface area (Å²) >= 11 is 0. The fraction of sp³-hybridized carbons (Fsp3) is 0.444. The highest BCUT2D eigenvalue weighted by atomic mass is 16.1. The van der Waals surface area contributed by atoms with Gasteiger partial charge in [0.1, 0.15) is 17.5 Å². The normalized spacial score (nSPS) is 9.94. The molecule has 0 saturated carbocycles. The Morgan fingerprint density at radius 3 is 2.50 bits per heavy atom. The molecular formula is C9H16N6O. The molecule has 7 nitrogen and oxygen atoms in total. The summed E-state index contributed by atoms with van der Waals surface area (Å²) in [5.74, 6) is 6.65. The molecule has 0 saturated heterocycles. The number of rotatable bonds is 5. The van der Waals surface area contributed by atoms with E-state index in [0.29, 0.717) is 23.9 Å². The molecular weight excluding hydrogens is 208 g/mol. The third kappa shape index (κ3) is 2.80. The molecule has 0 atom stereocenters. The Bertz CT molecular complexity index is 392. The Morgan fingerprint density at radius 2 is 2.00 bits per heavy atom. The first-order chi connectivity index (χ1) is 7.58. The van der Waals surface area contributed by atoms with E-state index in [4.69, 9.17) is 11.6 Å². The van der Waals surface area contributed by atoms with Crippen molar-refractivity contribution in [2.45, 2.75) is 20.3 Å². The van der Waals surface area contributed by atoms with E-state index < -0.39 is 5.91 Å². The van der Waals surface area contributed by atoms with Crippen LogP contribution in [-0.4, -0.2) is 22.4 Å². The summed E-state index contributed by atoms with van der Waals surface area (Å²) in [7, 11) is 0. The number of carbonyl (C=O) groups excluding carboxylic acids is 1. The van der Waals surface area contributed by atoms with Crippen molar-refractivity contribution in [3.63, 3.8) is 0 Å². The summed E-state index contributed by atoms with van der Waals surface area (Å²) in [6.07, 6.45) is 0.681. The summed E-state index contributed by atoms with van der Waals surface area (Å²) in [6.45, 7) is 3.77. The van der Waals surface area contributed by atoms with Crippen LogP contribution in [0.4, 0.5) is 11.6 Å². The highest BCUT2D eigenvalue weighted by molar-refractivity contribution is 5.79. The lowest BCUT2D eigenvalue weighted by molar-refractivity contribution is -0.116. The number of aryl methyl sites for hydroxylation is 1. The Kier molecular flexibility index (Phi) is 4.01. The van der Waals surface area contributed by atoms with E-state index in [0.717, 1.165) is 5.56 Å². The number of hydrogen-bond acceptors (Lipinski definition) is 6. The second-order valence-electron chi connectivity index (χ2n) is 3.28. The Morgan fingerprint density at radius 1 is 1.38 bits per heavy atom. The monoisotopic (exact) mass is 224 g/mol. The van der Waals surface area contributed by atoms with Crippen molar-refractivity contribution in [1.82, 2.24) is 9.97 Å². The number of amides is 1. The summed E-state index contributed by atoms with van der Waals surface area (Å²) in [6, 6.07) is 0. The average molecular weight is 224 g/mol. The van der Waals surface area contributed by atoms with Gasteiger partial charge in [0.15, 0.2) is 0 Å². The van der Waals surface area contributed by atoms with Crippen LogP contribution in [-0.2, 0) is 11.2 Å². The van der Waals surface area contributed by atoms with Gasteiger partial charge in [-0.05, 0) is 6.92 Å². The van der Waals surface area contributed by atoms with Gasteiger partial charge in [-0.25, -0.2) is 15.8 Å². The van der Waals surface area contributed by atoms with Crippen LogP contribution in [0.25, 0.3) is 0 Å². The molecule has 0 spiro atoms. The van der Waals surface area contributed by atoms with Crippen LogP contribution in [0.1, 0.15) is 18.3 Å². The largest absolute Gasteiger partial charge is 0.368 e. The minimum atomic E-state index is -0.446. The Balaban J connectivity index is 3.01. The zero-order valence-corrected chi connectivity index (χ0v) is 9.37. The van der Waals surface area contributed by atoms with Gasteiger partial charge in [0.2, 0.25) is 5.91 Å². The number of hydrazine groups is 1. The molecule has 16 heavy (non-hydrogen) atoms. The molecule has 0 radical (unpaired) electrons. The van der Waals surface area contributed by atoms with Crippen molar-refractivity contribution >= 4 is 17.5 Å². The van der Waals surface area contributed by atoms with E-state index in [2.05, 4.69) is 20.7 Å². The van der Waals surface area contributed by atoms with Gasteiger partial charge in [-0.2, -0.15) is 0 Å². The number of nitrogens with two attached hydrogens (primary N) is 2. The van der Waals surface area contributed by atoms with Gasteiger partial charge in [-0.1, -0.05) is 6.92 Å². The molecule has 0 bridgehead atoms. The molecule has 6 N–H and O–H groups in total. The standard InChI is InChI=1S/C9H16N6O/c1-3-7-13-8(12-4-6(10)16)5(2)9(14-7)15-11/h3-4,11H2,1-2H3,(H2,10,16)(H2,12,13,14,15). The van der Waals surface area contributed by atoms with Crippen LogP contribution in [0.5, 0.6) is 0 Å². The first-order valence-corrected chi connectivity index (χ1v) is 4.94. The van der Waals surface area contributed by atoms with Crippen molar-refractivity contribution in [2.24, 2.45) is 11.6 Å². The minimum Gasteiger partial charge on any atom is -0.368 e. The third-order valence-corrected chi connectivity index (χ3v) is 2.08. The highest BCUT2D eigenvalue weighted by Gasteiger charge is 2.09. The second kappa shape index (κ2) is 5.26. The number of anilines is 2. The van der Waals surface area contributed by atoms with Crippen LogP contribution in [0.3, 0.4) is 0 Å². The predicted molar refractivity (Wildman–Crippen MR) is 61.6 cm³/mol. The number of aromatic nitrogens is 2. The van der Waals surface area contributed by atoms with Gasteiger partial charge in [-0.15, -0.1) is 0 Å². The van der Waals surface area contributed by atoms with Crippen LogP contribution in [0.15, 0.2) is 0 Å². The minimum absolute atomic E-state index is 0.0328. The summed E-state index contributed by atoms with van der Waals surface area (Å²) in [5, 5.41) is 2.84. The fourth-order valence-electron chi connectivity index (χ4n) is 1.20. The van der Waals surface area contributed by atoms with Crippen molar-refractivity contribution in [2.75, 3.05) is 17.3 Å². The molecule has 88 valence electrons. The molecule has 1 aromatic heterocycles. The summed E-state index contributed by atoms with van der Waals surface area (Å²) in [4.78, 5) is 19.1. The van der Waals surface area contributed by atoms with Gasteiger partial charge >= 0.3 is 0 Å². The highest BCUT2D eigenvalue weighted by Crippen LogP contribution is 2.18. The lowest BCUT2D eigenvalue weighted by Crippen LogP contribution is -2.23. The van der Waals surface area contributed by atoms with E-state index in [1.54, 1.807) is 6.92 Å². The van der Waals surface area contributed by atoms with Crippen LogP contribution in [0.2, 0.25) is 0 Å². The molecule has 1 amide bonds. The van der Waals surface area contributed by atoms with E-state index >= 15 is 0 Å². The SMILES string of the molecule is CCc1nc(NN)c(C)c(NCC(N)=O)n1. The number of nitrogens with one attached hydrogen (secondary N) is 2. The smallest absolute Gasteiger partial charge is 0.236 e. The van der Waals surface area contributed by atoms with Crippen molar-refractivity contribution in [3.8, 4) is 0 Å². The Labute approximate surface area is 93.6 Å². The van der Waals surface area contributed by atoms with E-state index in [1.165, 1.54) is 0 Å². The molecule has 1 heterocycles. The lowest BCUT2D eigenvalue weighted by atomic mass is 10.3. The number of primary amides is 1. The summed E-state index contributed by atoms with van der Waals surface area (Å²) in [5.41, 5.74) is 8.29. The molecule has 0 aliphatic carbocycles. The quantitative estimate of drug-likeness (QED) is 0.396. The van der Waals surface area contributed by atoms with Crippen LogP contribution < -0.4 is 22.3 Å². The molecule has 0 aliphatic heterocycles. The second-order valence-corrected chi connectivity index (χ2v) is 3.28. The van der Waals surface area contributed by atoms with Gasteiger partial charge in [0.25, 0.3) is 0 Å². The number of nitrogens with zero attached hydrogens (tertiary/aromatic N) is 2. The first kappa shape index (κ1) is 12.2. The molecule has 0 aliphatic rings. The maximum atomic E-state index is 10.7. The predicted octanol–water partition coefficient (Wildman–Crippen LogP) is -0.470. The van der Waals surface area contributed by atoms with Gasteiger partial charge in [0.05, 0.1) is 6.54 Å². The van der Waals surface area contributed by atoms with E-state index in [9.17, 15) is 4.79 Å². The molecule has 0 fully saturated rings. The third-order valence-electron chi connectivity index (χ3n) is 2.08. The first-order valence-electron chi connectivity index (χ1n) is 4.94. The topological polar surface area (TPSA) is 119 Å². The molecule has 7 heteroatoms. The molecule has 0 unspecified atom stereocenters. The average Bonchev–Trinajstić information content (AvgIpc) is 2.27. The molecule has 0 aromatic carbocycles. The van der Waals surface area contributed by atoms with Crippen molar-refractivity contribution in [3.05, 3.63) is 11.4 Å². The van der Waals surface area contributed by atoms with Crippen LogP contribution in [0, 0.1) is 6.92 Å². The maximum absolute atomic E-state index is 10.7. The van der Waals surface area contributed by atoms with Gasteiger partial charge in [-0.3, -0.25) is 4.79 Å². The van der Waals surface area contributed by atoms with Gasteiger partial charge in [0, 0.05) is 12.0 Å². The Hall–Kier alpha value is -1.89. The maximum Gasteiger partial charge on any atom is 0.236 e. The number of hydrogen-bond donors (Lipinski definition) is 4. The van der Waals surface area contributed by atoms with E-state index in [-0.39, 0.29) is 6.54 Å². The molecule has 1 rings (SSSR count). The van der Waals surface area contributed by atoms with E-state index in [1.807, 2.05) is 6.92 Å². The zero-order chi connectivity index (χ0) is 12.1.